The van der Waals surface area contributed by atoms with E-state index in [2.05, 4.69) is 10.6 Å². The molecule has 1 amide bonds. The van der Waals surface area contributed by atoms with Gasteiger partial charge in [-0.3, -0.25) is 4.79 Å². The van der Waals surface area contributed by atoms with Crippen molar-refractivity contribution in [3.05, 3.63) is 0 Å². The minimum Gasteiger partial charge on any atom is -0.396 e. The van der Waals surface area contributed by atoms with Crippen LogP contribution in [0.1, 0.15) is 26.2 Å². The van der Waals surface area contributed by atoms with Crippen LogP contribution in [0.5, 0.6) is 0 Å². The first-order valence-electron chi connectivity index (χ1n) is 5.74. The van der Waals surface area contributed by atoms with E-state index in [4.69, 9.17) is 5.11 Å². The Morgan fingerprint density at radius 2 is 2.27 bits per heavy atom. The molecule has 15 heavy (non-hydrogen) atoms. The van der Waals surface area contributed by atoms with Crippen LogP contribution in [0.4, 0.5) is 0 Å². The first kappa shape index (κ1) is 12.5. The summed E-state index contributed by atoms with van der Waals surface area (Å²) in [6, 6.07) is 0.182. The maximum atomic E-state index is 11.7. The van der Waals surface area contributed by atoms with Gasteiger partial charge in [-0.05, 0) is 19.9 Å². The number of hydrogen-bond donors (Lipinski definition) is 3. The van der Waals surface area contributed by atoms with E-state index in [0.717, 1.165) is 19.3 Å². The Kier molecular flexibility index (Phi) is 5.05. The van der Waals surface area contributed by atoms with E-state index in [1.54, 1.807) is 0 Å². The molecule has 4 heteroatoms. The number of nitrogens with one attached hydrogen (secondary N) is 2. The molecule has 3 unspecified atom stereocenters. The van der Waals surface area contributed by atoms with Gasteiger partial charge in [-0.1, -0.05) is 13.3 Å². The molecule has 0 heterocycles. The molecule has 4 nitrogen and oxygen atoms in total. The number of amides is 1. The van der Waals surface area contributed by atoms with E-state index in [0.29, 0.717) is 6.54 Å². The van der Waals surface area contributed by atoms with Crippen molar-refractivity contribution in [2.75, 3.05) is 20.2 Å². The zero-order chi connectivity index (χ0) is 11.3. The summed E-state index contributed by atoms with van der Waals surface area (Å²) in [6.45, 7) is 2.79. The Labute approximate surface area is 91.4 Å². The topological polar surface area (TPSA) is 61.4 Å². The molecular formula is C11H22N2O2. The van der Waals surface area contributed by atoms with E-state index >= 15 is 0 Å². The third-order valence-corrected chi connectivity index (χ3v) is 3.18. The summed E-state index contributed by atoms with van der Waals surface area (Å²) >= 11 is 0. The van der Waals surface area contributed by atoms with Crippen molar-refractivity contribution in [3.8, 4) is 0 Å². The van der Waals surface area contributed by atoms with Crippen LogP contribution in [-0.4, -0.2) is 37.3 Å². The molecule has 1 aliphatic rings. The van der Waals surface area contributed by atoms with Crippen LogP contribution >= 0.6 is 0 Å². The lowest BCUT2D eigenvalue weighted by molar-refractivity contribution is -0.125. The summed E-state index contributed by atoms with van der Waals surface area (Å²) in [5.41, 5.74) is 0. The van der Waals surface area contributed by atoms with Gasteiger partial charge in [0.25, 0.3) is 0 Å². The van der Waals surface area contributed by atoms with Crippen LogP contribution in [0.2, 0.25) is 0 Å². The van der Waals surface area contributed by atoms with Gasteiger partial charge in [-0.15, -0.1) is 0 Å². The molecule has 0 saturated heterocycles. The quantitative estimate of drug-likeness (QED) is 0.609. The summed E-state index contributed by atoms with van der Waals surface area (Å²) in [4.78, 5) is 11.7. The Bertz CT molecular complexity index is 209. The van der Waals surface area contributed by atoms with Crippen molar-refractivity contribution < 1.29 is 9.90 Å². The van der Waals surface area contributed by atoms with Crippen LogP contribution in [0.25, 0.3) is 0 Å². The molecule has 0 bridgehead atoms. The third-order valence-electron chi connectivity index (χ3n) is 3.18. The van der Waals surface area contributed by atoms with Gasteiger partial charge in [0.2, 0.25) is 5.91 Å². The molecule has 0 aliphatic heterocycles. The van der Waals surface area contributed by atoms with Crippen molar-refractivity contribution in [2.24, 2.45) is 11.8 Å². The summed E-state index contributed by atoms with van der Waals surface area (Å²) in [5.74, 6) is 0.348. The van der Waals surface area contributed by atoms with Gasteiger partial charge < -0.3 is 15.7 Å². The fourth-order valence-electron chi connectivity index (χ4n) is 2.17. The van der Waals surface area contributed by atoms with Crippen LogP contribution in [-0.2, 0) is 4.79 Å². The van der Waals surface area contributed by atoms with Gasteiger partial charge in [-0.25, -0.2) is 0 Å². The molecule has 88 valence electrons. The molecule has 0 aromatic rings. The minimum atomic E-state index is -0.00468. The zero-order valence-electron chi connectivity index (χ0n) is 9.62. The monoisotopic (exact) mass is 214 g/mol. The highest BCUT2D eigenvalue weighted by Gasteiger charge is 2.28. The highest BCUT2D eigenvalue weighted by Crippen LogP contribution is 2.25. The van der Waals surface area contributed by atoms with Gasteiger partial charge in [0.1, 0.15) is 0 Å². The molecule has 1 fully saturated rings. The number of aliphatic hydroxyl groups is 1. The fourth-order valence-corrected chi connectivity index (χ4v) is 2.17. The maximum absolute atomic E-state index is 11.7. The third kappa shape index (κ3) is 3.47. The predicted molar refractivity (Wildman–Crippen MR) is 59.4 cm³/mol. The lowest BCUT2D eigenvalue weighted by atomic mass is 10.0. The average molecular weight is 214 g/mol. The molecule has 0 spiro atoms. The van der Waals surface area contributed by atoms with Crippen LogP contribution in [0, 0.1) is 11.8 Å². The van der Waals surface area contributed by atoms with Gasteiger partial charge in [0.05, 0.1) is 0 Å². The van der Waals surface area contributed by atoms with Crippen LogP contribution in [0.15, 0.2) is 0 Å². The second kappa shape index (κ2) is 6.08. The van der Waals surface area contributed by atoms with Crippen molar-refractivity contribution in [3.63, 3.8) is 0 Å². The molecule has 3 atom stereocenters. The number of aliphatic hydroxyl groups excluding tert-OH is 1. The van der Waals surface area contributed by atoms with Crippen molar-refractivity contribution >= 4 is 5.91 Å². The first-order chi connectivity index (χ1) is 7.19. The van der Waals surface area contributed by atoms with E-state index in [1.165, 1.54) is 0 Å². The van der Waals surface area contributed by atoms with E-state index in [-0.39, 0.29) is 30.4 Å². The predicted octanol–water partition coefficient (Wildman–Crippen LogP) is 0.119. The number of rotatable bonds is 5. The van der Waals surface area contributed by atoms with E-state index < -0.39 is 0 Å². The van der Waals surface area contributed by atoms with Crippen LogP contribution < -0.4 is 10.6 Å². The Balaban J connectivity index is 2.36. The minimum absolute atomic E-state index is 0.00468. The second-order valence-electron chi connectivity index (χ2n) is 4.45. The van der Waals surface area contributed by atoms with Gasteiger partial charge in [0, 0.05) is 31.0 Å². The smallest absolute Gasteiger partial charge is 0.224 e. The average Bonchev–Trinajstić information content (AvgIpc) is 2.65. The molecular weight excluding hydrogens is 192 g/mol. The largest absolute Gasteiger partial charge is 0.396 e. The zero-order valence-corrected chi connectivity index (χ0v) is 9.62. The lowest BCUT2D eigenvalue weighted by Crippen LogP contribution is -2.43. The molecule has 0 aromatic carbocycles. The SMILES string of the molecule is CNCC(C)C(=O)NC1CCCC1CO. The molecule has 1 rings (SSSR count). The Morgan fingerprint density at radius 3 is 2.87 bits per heavy atom. The summed E-state index contributed by atoms with van der Waals surface area (Å²) in [5, 5.41) is 15.1. The van der Waals surface area contributed by atoms with E-state index in [9.17, 15) is 4.79 Å². The molecule has 1 saturated carbocycles. The Morgan fingerprint density at radius 1 is 1.53 bits per heavy atom. The van der Waals surface area contributed by atoms with Gasteiger partial charge in [-0.2, -0.15) is 0 Å². The number of carbonyl (C=O) groups is 1. The molecule has 0 radical (unpaired) electrons. The van der Waals surface area contributed by atoms with E-state index in [1.807, 2.05) is 14.0 Å². The Hall–Kier alpha value is -0.610. The number of carbonyl (C=O) groups excluding carboxylic acids is 1. The first-order valence-corrected chi connectivity index (χ1v) is 5.74. The van der Waals surface area contributed by atoms with Gasteiger partial charge in [0.15, 0.2) is 0 Å². The molecule has 1 aliphatic carbocycles. The summed E-state index contributed by atoms with van der Waals surface area (Å²) in [6.07, 6.45) is 3.14. The van der Waals surface area contributed by atoms with Crippen molar-refractivity contribution in [1.29, 1.82) is 0 Å². The summed E-state index contributed by atoms with van der Waals surface area (Å²) in [7, 11) is 1.84. The van der Waals surface area contributed by atoms with Crippen molar-refractivity contribution in [1.82, 2.24) is 10.6 Å². The van der Waals surface area contributed by atoms with Crippen molar-refractivity contribution in [2.45, 2.75) is 32.2 Å². The van der Waals surface area contributed by atoms with Crippen LogP contribution in [0.3, 0.4) is 0 Å². The van der Waals surface area contributed by atoms with Gasteiger partial charge >= 0.3 is 0 Å². The normalized spacial score (nSPS) is 27.7. The number of hydrogen-bond acceptors (Lipinski definition) is 3. The lowest BCUT2D eigenvalue weighted by Gasteiger charge is -2.21. The fraction of sp³-hybridized carbons (Fsp3) is 0.909. The second-order valence-corrected chi connectivity index (χ2v) is 4.45. The summed E-state index contributed by atoms with van der Waals surface area (Å²) < 4.78 is 0. The molecule has 0 aromatic heterocycles. The standard InChI is InChI=1S/C11H22N2O2/c1-8(6-12-2)11(15)13-10-5-3-4-9(10)7-14/h8-10,12,14H,3-7H2,1-2H3,(H,13,15). The maximum Gasteiger partial charge on any atom is 0.224 e. The highest BCUT2D eigenvalue weighted by atomic mass is 16.3. The molecule has 3 N–H and O–H groups in total. The highest BCUT2D eigenvalue weighted by molar-refractivity contribution is 5.78.